The molecule has 0 aromatic heterocycles. The summed E-state index contributed by atoms with van der Waals surface area (Å²) in [7, 11) is 0. The Morgan fingerprint density at radius 3 is 2.23 bits per heavy atom. The van der Waals surface area contributed by atoms with Crippen molar-refractivity contribution in [1.82, 2.24) is 0 Å². The number of halogens is 1. The number of benzene rings is 2. The predicted octanol–water partition coefficient (Wildman–Crippen LogP) is 6.43. The second-order valence-corrected chi connectivity index (χ2v) is 8.63. The van der Waals surface area contributed by atoms with Crippen molar-refractivity contribution in [2.24, 2.45) is 11.8 Å². The van der Waals surface area contributed by atoms with E-state index in [2.05, 4.69) is 23.5 Å². The Bertz CT molecular complexity index is 854. The van der Waals surface area contributed by atoms with Crippen LogP contribution in [0.5, 0.6) is 0 Å². The summed E-state index contributed by atoms with van der Waals surface area (Å²) in [6.45, 7) is 0. The number of anilines is 1. The van der Waals surface area contributed by atoms with Crippen LogP contribution in [0.2, 0.25) is 5.02 Å². The van der Waals surface area contributed by atoms with Crippen LogP contribution in [0.4, 0.5) is 10.5 Å². The van der Waals surface area contributed by atoms with Gasteiger partial charge in [0.25, 0.3) is 0 Å². The van der Waals surface area contributed by atoms with E-state index >= 15 is 0 Å². The molecule has 2 aromatic rings. The van der Waals surface area contributed by atoms with Crippen LogP contribution in [-0.2, 0) is 11.2 Å². The summed E-state index contributed by atoms with van der Waals surface area (Å²) in [6, 6.07) is 16.2. The first-order chi connectivity index (χ1) is 14.4. The van der Waals surface area contributed by atoms with Gasteiger partial charge in [-0.15, -0.1) is 0 Å². The molecular formula is C24H28ClNO4. The second-order valence-electron chi connectivity index (χ2n) is 8.19. The van der Waals surface area contributed by atoms with Gasteiger partial charge in [-0.2, -0.15) is 0 Å². The molecule has 2 fully saturated rings. The predicted molar refractivity (Wildman–Crippen MR) is 118 cm³/mol. The van der Waals surface area contributed by atoms with Crippen LogP contribution in [0.3, 0.4) is 0 Å². The van der Waals surface area contributed by atoms with Crippen LogP contribution in [-0.4, -0.2) is 22.3 Å². The highest BCUT2D eigenvalue weighted by molar-refractivity contribution is 6.30. The van der Waals surface area contributed by atoms with Gasteiger partial charge in [0.05, 0.1) is 5.92 Å². The zero-order valence-corrected chi connectivity index (χ0v) is 17.6. The van der Waals surface area contributed by atoms with Gasteiger partial charge >= 0.3 is 6.16 Å². The highest BCUT2D eigenvalue weighted by Crippen LogP contribution is 2.38. The summed E-state index contributed by atoms with van der Waals surface area (Å²) in [4.78, 5) is 21.7. The lowest BCUT2D eigenvalue weighted by Crippen LogP contribution is -2.26. The van der Waals surface area contributed by atoms with E-state index in [1.54, 1.807) is 0 Å². The highest BCUT2D eigenvalue weighted by atomic mass is 35.5. The van der Waals surface area contributed by atoms with Gasteiger partial charge < -0.3 is 15.5 Å². The molecule has 160 valence electrons. The number of hydrogen-bond donors (Lipinski definition) is 3. The third-order valence-corrected chi connectivity index (χ3v) is 6.05. The third-order valence-electron chi connectivity index (χ3n) is 5.80. The van der Waals surface area contributed by atoms with Crippen molar-refractivity contribution in [3.8, 4) is 0 Å². The summed E-state index contributed by atoms with van der Waals surface area (Å²) in [6.07, 6.45) is 6.68. The molecule has 0 saturated heterocycles. The number of rotatable bonds is 6. The molecule has 0 unspecified atom stereocenters. The Hall–Kier alpha value is -2.53. The van der Waals surface area contributed by atoms with Crippen molar-refractivity contribution in [3.63, 3.8) is 0 Å². The quantitative estimate of drug-likeness (QED) is 0.494. The smallest absolute Gasteiger partial charge is 0.450 e. The molecule has 30 heavy (non-hydrogen) atoms. The minimum absolute atomic E-state index is 0.0955. The van der Waals surface area contributed by atoms with Crippen LogP contribution >= 0.6 is 11.6 Å². The van der Waals surface area contributed by atoms with Gasteiger partial charge in [-0.05, 0) is 79.3 Å². The molecule has 6 heteroatoms. The van der Waals surface area contributed by atoms with E-state index in [4.69, 9.17) is 26.6 Å². The summed E-state index contributed by atoms with van der Waals surface area (Å²) >= 11 is 6.05. The Morgan fingerprint density at radius 2 is 1.63 bits per heavy atom. The molecule has 0 aliphatic heterocycles. The van der Waals surface area contributed by atoms with Crippen LogP contribution in [0.1, 0.15) is 55.6 Å². The van der Waals surface area contributed by atoms with Crippen LogP contribution in [0.25, 0.3) is 0 Å². The van der Waals surface area contributed by atoms with Gasteiger partial charge in [-0.25, -0.2) is 4.79 Å². The summed E-state index contributed by atoms with van der Waals surface area (Å²) in [5.41, 5.74) is 3.33. The summed E-state index contributed by atoms with van der Waals surface area (Å²) in [5.74, 6) is 1.29. The standard InChI is InChI=1S/C23H26ClNO.CH2O3/c24-20-12-10-19(11-13-20)22(18-5-1-2-6-18)23(26)25-21-7-3-4-17(15-21)14-16-8-9-16;2-1(3)4/h3-4,7,10-13,15-16,18,22H,1-2,5-6,8-9,14H2,(H,25,26);(H2,2,3,4)/t22-;/m0./s1. The van der Waals surface area contributed by atoms with E-state index < -0.39 is 6.16 Å². The van der Waals surface area contributed by atoms with Gasteiger partial charge in [-0.1, -0.05) is 48.7 Å². The van der Waals surface area contributed by atoms with Gasteiger partial charge in [0.2, 0.25) is 5.91 Å². The van der Waals surface area contributed by atoms with Crippen molar-refractivity contribution >= 4 is 29.4 Å². The number of nitrogens with one attached hydrogen (secondary N) is 1. The maximum Gasteiger partial charge on any atom is 0.503 e. The zero-order valence-electron chi connectivity index (χ0n) is 16.9. The molecule has 0 bridgehead atoms. The zero-order chi connectivity index (χ0) is 21.5. The molecule has 2 aliphatic carbocycles. The fraction of sp³-hybridized carbons (Fsp3) is 0.417. The monoisotopic (exact) mass is 429 g/mol. The number of carboxylic acid groups (broad SMARTS) is 2. The Balaban J connectivity index is 0.000000589. The van der Waals surface area contributed by atoms with Crippen molar-refractivity contribution in [1.29, 1.82) is 0 Å². The van der Waals surface area contributed by atoms with Crippen LogP contribution < -0.4 is 5.32 Å². The van der Waals surface area contributed by atoms with Crippen molar-refractivity contribution < 1.29 is 19.8 Å². The molecule has 1 atom stereocenters. The van der Waals surface area contributed by atoms with E-state index in [0.717, 1.165) is 36.4 Å². The fourth-order valence-corrected chi connectivity index (χ4v) is 4.38. The third kappa shape index (κ3) is 6.77. The highest BCUT2D eigenvalue weighted by Gasteiger charge is 2.32. The van der Waals surface area contributed by atoms with Crippen molar-refractivity contribution in [3.05, 3.63) is 64.7 Å². The Labute approximate surface area is 182 Å². The van der Waals surface area contributed by atoms with E-state index in [1.165, 1.54) is 31.2 Å². The maximum atomic E-state index is 13.2. The van der Waals surface area contributed by atoms with E-state index in [9.17, 15) is 4.79 Å². The van der Waals surface area contributed by atoms with Gasteiger partial charge in [0, 0.05) is 10.7 Å². The average molecular weight is 430 g/mol. The van der Waals surface area contributed by atoms with Gasteiger partial charge in [-0.3, -0.25) is 4.79 Å². The number of hydrogen-bond acceptors (Lipinski definition) is 2. The summed E-state index contributed by atoms with van der Waals surface area (Å²) < 4.78 is 0. The van der Waals surface area contributed by atoms with Crippen LogP contribution in [0, 0.1) is 11.8 Å². The molecule has 0 radical (unpaired) electrons. The van der Waals surface area contributed by atoms with E-state index in [-0.39, 0.29) is 11.8 Å². The molecule has 1 amide bonds. The minimum atomic E-state index is -1.83. The Morgan fingerprint density at radius 1 is 1.00 bits per heavy atom. The first-order valence-corrected chi connectivity index (χ1v) is 10.9. The molecule has 4 rings (SSSR count). The first-order valence-electron chi connectivity index (χ1n) is 10.5. The van der Waals surface area contributed by atoms with Gasteiger partial charge in [0.1, 0.15) is 0 Å². The fourth-order valence-electron chi connectivity index (χ4n) is 4.25. The van der Waals surface area contributed by atoms with Crippen molar-refractivity contribution in [2.75, 3.05) is 5.32 Å². The van der Waals surface area contributed by atoms with Gasteiger partial charge in [0.15, 0.2) is 0 Å². The molecule has 0 spiro atoms. The van der Waals surface area contributed by atoms with Crippen molar-refractivity contribution in [2.45, 2.75) is 50.9 Å². The van der Waals surface area contributed by atoms with Crippen LogP contribution in [0.15, 0.2) is 48.5 Å². The largest absolute Gasteiger partial charge is 0.503 e. The SMILES string of the molecule is O=C(Nc1cccc(CC2CC2)c1)[C@H](c1ccc(Cl)cc1)C1CCCC1.O=C(O)O. The number of amides is 1. The maximum absolute atomic E-state index is 13.2. The average Bonchev–Trinajstić information content (AvgIpc) is 3.34. The summed E-state index contributed by atoms with van der Waals surface area (Å²) in [5, 5.41) is 17.9. The second kappa shape index (κ2) is 10.5. The lowest BCUT2D eigenvalue weighted by atomic mass is 9.84. The van der Waals surface area contributed by atoms with E-state index in [0.29, 0.717) is 10.9 Å². The number of carbonyl (C=O) groups excluding carboxylic acids is 1. The van der Waals surface area contributed by atoms with E-state index in [1.807, 2.05) is 30.3 Å². The molecule has 3 N–H and O–H groups in total. The molecule has 2 saturated carbocycles. The minimum Gasteiger partial charge on any atom is -0.450 e. The molecule has 2 aromatic carbocycles. The number of carbonyl (C=O) groups is 2. The normalized spacial score (nSPS) is 17.0. The molecule has 0 heterocycles. The molecule has 2 aliphatic rings. The first kappa shape index (κ1) is 22.2. The molecular weight excluding hydrogens is 402 g/mol. The Kier molecular flexibility index (Phi) is 7.75. The topological polar surface area (TPSA) is 86.6 Å². The molecule has 5 nitrogen and oxygen atoms in total. The lowest BCUT2D eigenvalue weighted by molar-refractivity contribution is -0.118. The lowest BCUT2D eigenvalue weighted by Gasteiger charge is -2.23.